The predicted molar refractivity (Wildman–Crippen MR) is 220 cm³/mol. The van der Waals surface area contributed by atoms with Gasteiger partial charge >= 0.3 is 0 Å². The summed E-state index contributed by atoms with van der Waals surface area (Å²) in [6.07, 6.45) is 4.11. The zero-order valence-corrected chi connectivity index (χ0v) is 29.6. The molecule has 1 aliphatic rings. The third kappa shape index (κ3) is 5.03. The lowest BCUT2D eigenvalue weighted by Gasteiger charge is -2.17. The highest BCUT2D eigenvalue weighted by molar-refractivity contribution is 14.2. The molecule has 5 heteroatoms. The van der Waals surface area contributed by atoms with Crippen LogP contribution in [-0.2, 0) is 0 Å². The smallest absolute Gasteiger partial charge is 0.0893 e. The van der Waals surface area contributed by atoms with Gasteiger partial charge in [0, 0.05) is 49.4 Å². The molecule has 10 rings (SSSR count). The van der Waals surface area contributed by atoms with Crippen LogP contribution in [0.1, 0.15) is 5.69 Å². The van der Waals surface area contributed by atoms with Crippen molar-refractivity contribution in [3.05, 3.63) is 179 Å². The first-order valence-corrected chi connectivity index (χ1v) is 19.0. The van der Waals surface area contributed by atoms with E-state index in [-0.39, 0.29) is 0 Å². The largest absolute Gasteiger partial charge is 0.309 e. The second kappa shape index (κ2) is 12.4. The molecule has 6 aromatic carbocycles. The maximum Gasteiger partial charge on any atom is 0.0893 e. The lowest BCUT2D eigenvalue weighted by Crippen LogP contribution is -1.97. The van der Waals surface area contributed by atoms with Gasteiger partial charge < -0.3 is 4.57 Å². The number of aromatic nitrogens is 3. The summed E-state index contributed by atoms with van der Waals surface area (Å²) in [7, 11) is 0. The van der Waals surface area contributed by atoms with E-state index in [4.69, 9.17) is 13.1 Å². The van der Waals surface area contributed by atoms with Gasteiger partial charge in [0.25, 0.3) is 0 Å². The molecule has 0 atom stereocenters. The van der Waals surface area contributed by atoms with Crippen LogP contribution in [0.3, 0.4) is 0 Å². The predicted octanol–water partition coefficient (Wildman–Crippen LogP) is 12.7. The standard InChI is InChI=1S/C46H29IN4/c1-3-13-30(14-4-1)44-33-17-7-9-19-35(33)45(36-20-10-8-18-34(36)44)41-24-12-23-40(50-41)39-22-11-21-38(49-39)31-25-26-42-37(29-31)46-43(27-28-48-47-46)51(42)32-15-5-2-6-16-32/h1-29H. The van der Waals surface area contributed by atoms with Crippen molar-refractivity contribution in [2.45, 2.75) is 0 Å². The van der Waals surface area contributed by atoms with Crippen LogP contribution in [0.25, 0.3) is 89.2 Å². The Balaban J connectivity index is 1.10. The molecular weight excluding hydrogens is 735 g/mol. The van der Waals surface area contributed by atoms with E-state index in [1.54, 1.807) is 0 Å². The van der Waals surface area contributed by atoms with E-state index < -0.39 is 21.0 Å². The average Bonchev–Trinajstić information content (AvgIpc) is 3.54. The van der Waals surface area contributed by atoms with E-state index >= 15 is 0 Å². The Hall–Kier alpha value is -6.05. The van der Waals surface area contributed by atoms with E-state index in [1.165, 1.54) is 52.8 Å². The second-order valence-electron chi connectivity index (χ2n) is 12.6. The van der Waals surface area contributed by atoms with Crippen molar-refractivity contribution in [2.75, 3.05) is 0 Å². The van der Waals surface area contributed by atoms with Crippen LogP contribution in [0, 0.1) is 3.57 Å². The number of pyridine rings is 2. The quantitative estimate of drug-likeness (QED) is 0.129. The van der Waals surface area contributed by atoms with Crippen LogP contribution in [-0.4, -0.2) is 14.5 Å². The Kier molecular flexibility index (Phi) is 7.24. The number of para-hydroxylation sites is 1. The zero-order valence-electron chi connectivity index (χ0n) is 27.4. The molecule has 3 aromatic heterocycles. The minimum Gasteiger partial charge on any atom is -0.309 e. The molecule has 240 valence electrons. The Morgan fingerprint density at radius 2 is 1.00 bits per heavy atom. The molecule has 0 spiro atoms. The van der Waals surface area contributed by atoms with Crippen molar-refractivity contribution in [2.24, 2.45) is 3.15 Å². The Morgan fingerprint density at radius 3 is 1.69 bits per heavy atom. The number of benzene rings is 6. The summed E-state index contributed by atoms with van der Waals surface area (Å²) in [5.74, 6) is 0. The molecule has 1 aliphatic heterocycles. The molecule has 0 radical (unpaired) electrons. The molecule has 0 fully saturated rings. The zero-order chi connectivity index (χ0) is 33.7. The van der Waals surface area contributed by atoms with Crippen molar-refractivity contribution < 1.29 is 0 Å². The molecule has 4 nitrogen and oxygen atoms in total. The molecule has 0 unspecified atom stereocenters. The topological polar surface area (TPSA) is 43.1 Å². The lowest BCUT2D eigenvalue weighted by molar-refractivity contribution is 1.10. The molecule has 0 saturated carbocycles. The molecule has 0 bridgehead atoms. The summed E-state index contributed by atoms with van der Waals surface area (Å²) in [5, 5.41) is 6.05. The lowest BCUT2D eigenvalue weighted by atomic mass is 9.87. The first-order valence-electron chi connectivity index (χ1n) is 17.0. The van der Waals surface area contributed by atoms with Gasteiger partial charge in [-0.2, -0.15) is 0 Å². The van der Waals surface area contributed by atoms with Crippen molar-refractivity contribution in [3.63, 3.8) is 0 Å². The van der Waals surface area contributed by atoms with Gasteiger partial charge in [-0.05, 0) is 87.3 Å². The Morgan fingerprint density at radius 1 is 0.431 bits per heavy atom. The van der Waals surface area contributed by atoms with Gasteiger partial charge in [-0.15, -0.1) is 0 Å². The molecule has 9 aromatic rings. The summed E-state index contributed by atoms with van der Waals surface area (Å²) in [4.78, 5) is 10.5. The van der Waals surface area contributed by atoms with Gasteiger partial charge in [-0.1, -0.05) is 115 Å². The molecule has 0 saturated heterocycles. The highest BCUT2D eigenvalue weighted by Gasteiger charge is 2.20. The van der Waals surface area contributed by atoms with E-state index in [9.17, 15) is 0 Å². The summed E-state index contributed by atoms with van der Waals surface area (Å²) in [5.41, 5.74) is 11.8. The van der Waals surface area contributed by atoms with Crippen LogP contribution < -0.4 is 0 Å². The van der Waals surface area contributed by atoms with Crippen LogP contribution in [0.2, 0.25) is 0 Å². The van der Waals surface area contributed by atoms with Gasteiger partial charge in [0.2, 0.25) is 0 Å². The summed E-state index contributed by atoms with van der Waals surface area (Å²) < 4.78 is 8.42. The molecule has 4 heterocycles. The highest BCUT2D eigenvalue weighted by Crippen LogP contribution is 2.43. The first-order chi connectivity index (χ1) is 25.3. The summed E-state index contributed by atoms with van der Waals surface area (Å²) in [6, 6.07) is 58.0. The highest BCUT2D eigenvalue weighted by atomic mass is 127. The van der Waals surface area contributed by atoms with Gasteiger partial charge in [0.15, 0.2) is 0 Å². The third-order valence-electron chi connectivity index (χ3n) is 9.68. The van der Waals surface area contributed by atoms with Gasteiger partial charge in [-0.25, -0.2) is 13.1 Å². The van der Waals surface area contributed by atoms with Crippen LogP contribution >= 0.6 is 21.0 Å². The third-order valence-corrected chi connectivity index (χ3v) is 11.9. The summed E-state index contributed by atoms with van der Waals surface area (Å²) in [6.45, 7) is 0. The Labute approximate surface area is 305 Å². The van der Waals surface area contributed by atoms with Crippen molar-refractivity contribution in [1.29, 1.82) is 0 Å². The van der Waals surface area contributed by atoms with E-state index in [1.807, 2.05) is 6.20 Å². The number of hydrogen-bond acceptors (Lipinski definition) is 3. The molecule has 0 aliphatic carbocycles. The average molecular weight is 765 g/mol. The fraction of sp³-hybridized carbons (Fsp3) is 0. The van der Waals surface area contributed by atoms with Crippen LogP contribution in [0.4, 0.5) is 0 Å². The number of hydrogen-bond donors (Lipinski definition) is 0. The maximum atomic E-state index is 5.31. The number of nitrogens with zero attached hydrogens (tertiary/aromatic N) is 4. The van der Waals surface area contributed by atoms with E-state index in [0.29, 0.717) is 0 Å². The van der Waals surface area contributed by atoms with Gasteiger partial charge in [-0.3, -0.25) is 0 Å². The summed E-state index contributed by atoms with van der Waals surface area (Å²) >= 11 is -0.486. The number of fused-ring (bicyclic) bond motifs is 5. The van der Waals surface area contributed by atoms with E-state index in [0.717, 1.165) is 39.6 Å². The monoisotopic (exact) mass is 764 g/mol. The molecule has 51 heavy (non-hydrogen) atoms. The number of halogens is 1. The normalized spacial score (nSPS) is 12.3. The van der Waals surface area contributed by atoms with Crippen LogP contribution in [0.15, 0.2) is 173 Å². The Bertz CT molecular complexity index is 2800. The fourth-order valence-electron chi connectivity index (χ4n) is 7.47. The van der Waals surface area contributed by atoms with Crippen molar-refractivity contribution >= 4 is 59.6 Å². The van der Waals surface area contributed by atoms with Gasteiger partial charge in [0.05, 0.1) is 37.6 Å². The second-order valence-corrected chi connectivity index (χ2v) is 14.7. The minimum absolute atomic E-state index is 0.486. The first kappa shape index (κ1) is 29.8. The fourth-order valence-corrected chi connectivity index (χ4v) is 9.43. The maximum absolute atomic E-state index is 5.31. The van der Waals surface area contributed by atoms with Gasteiger partial charge in [0.1, 0.15) is 0 Å². The van der Waals surface area contributed by atoms with Crippen LogP contribution in [0.5, 0.6) is 0 Å². The molecular formula is C46H29IN4. The molecule has 0 N–H and O–H groups in total. The minimum atomic E-state index is -0.486. The number of rotatable bonds is 5. The van der Waals surface area contributed by atoms with E-state index in [2.05, 4.69) is 174 Å². The van der Waals surface area contributed by atoms with Crippen molar-refractivity contribution in [1.82, 2.24) is 14.5 Å². The van der Waals surface area contributed by atoms with Crippen molar-refractivity contribution in [3.8, 4) is 50.7 Å². The SMILES string of the molecule is C1=Cc2c(c3cc(-c4cccc(-c5cccc(-c6c7ccccc7c(-c7ccccc7)c7ccccc67)n5)n4)ccc3n2-c2ccccc2)I=N1. The molecule has 0 amide bonds.